The van der Waals surface area contributed by atoms with E-state index in [0.29, 0.717) is 12.4 Å². The highest BCUT2D eigenvalue weighted by Gasteiger charge is 2.09. The van der Waals surface area contributed by atoms with E-state index in [2.05, 4.69) is 21.7 Å². The predicted octanol–water partition coefficient (Wildman–Crippen LogP) is 1.85. The first-order valence-electron chi connectivity index (χ1n) is 6.08. The van der Waals surface area contributed by atoms with Crippen LogP contribution >= 0.6 is 35.3 Å². The third-order valence-electron chi connectivity index (χ3n) is 2.54. The molecule has 0 aliphatic heterocycles. The van der Waals surface area contributed by atoms with Gasteiger partial charge >= 0.3 is 0 Å². The number of nitrogens with zero attached hydrogens (tertiary/aromatic N) is 1. The van der Waals surface area contributed by atoms with Crippen molar-refractivity contribution >= 4 is 51.1 Å². The van der Waals surface area contributed by atoms with E-state index in [-0.39, 0.29) is 35.8 Å². The maximum absolute atomic E-state index is 11.1. The van der Waals surface area contributed by atoms with Crippen LogP contribution in [0.5, 0.6) is 0 Å². The molecule has 1 aromatic rings. The Kier molecular flexibility index (Phi) is 9.39. The summed E-state index contributed by atoms with van der Waals surface area (Å²) in [4.78, 5) is 5.35. The monoisotopic (exact) mass is 431 g/mol. The SMILES string of the molecule is CN=C(NCc1cccs1)NC(C)CCS(C)(=O)=O.I. The fraction of sp³-hybridized carbons (Fsp3) is 0.583. The van der Waals surface area contributed by atoms with Crippen LogP contribution in [0.3, 0.4) is 0 Å². The molecule has 5 nitrogen and oxygen atoms in total. The van der Waals surface area contributed by atoms with Crippen molar-refractivity contribution in [2.45, 2.75) is 25.9 Å². The van der Waals surface area contributed by atoms with E-state index in [4.69, 9.17) is 0 Å². The van der Waals surface area contributed by atoms with Crippen molar-refractivity contribution in [3.05, 3.63) is 22.4 Å². The van der Waals surface area contributed by atoms with E-state index in [1.54, 1.807) is 18.4 Å². The van der Waals surface area contributed by atoms with Gasteiger partial charge in [0.2, 0.25) is 0 Å². The van der Waals surface area contributed by atoms with Crippen LogP contribution in [0, 0.1) is 0 Å². The maximum atomic E-state index is 11.1. The Morgan fingerprint density at radius 2 is 2.20 bits per heavy atom. The van der Waals surface area contributed by atoms with Crippen LogP contribution in [0.15, 0.2) is 22.5 Å². The summed E-state index contributed by atoms with van der Waals surface area (Å²) in [6.45, 7) is 2.67. The molecule has 0 spiro atoms. The van der Waals surface area contributed by atoms with Gasteiger partial charge in [-0.3, -0.25) is 4.99 Å². The van der Waals surface area contributed by atoms with Gasteiger partial charge in [-0.1, -0.05) is 6.07 Å². The van der Waals surface area contributed by atoms with Gasteiger partial charge in [-0.2, -0.15) is 0 Å². The number of hydrogen-bond donors (Lipinski definition) is 2. The topological polar surface area (TPSA) is 70.6 Å². The molecule has 0 aromatic carbocycles. The predicted molar refractivity (Wildman–Crippen MR) is 96.9 cm³/mol. The third kappa shape index (κ3) is 8.75. The molecular weight excluding hydrogens is 409 g/mol. The van der Waals surface area contributed by atoms with E-state index in [9.17, 15) is 8.42 Å². The lowest BCUT2D eigenvalue weighted by atomic mass is 10.3. The van der Waals surface area contributed by atoms with Crippen LogP contribution in [0.4, 0.5) is 0 Å². The molecule has 2 N–H and O–H groups in total. The Labute approximate surface area is 142 Å². The molecule has 0 amide bonds. The summed E-state index contributed by atoms with van der Waals surface area (Å²) in [5.41, 5.74) is 0. The Morgan fingerprint density at radius 1 is 1.50 bits per heavy atom. The Morgan fingerprint density at radius 3 is 2.70 bits per heavy atom. The van der Waals surface area contributed by atoms with E-state index in [1.165, 1.54) is 11.1 Å². The zero-order valence-corrected chi connectivity index (χ0v) is 15.9. The van der Waals surface area contributed by atoms with Crippen LogP contribution in [0.25, 0.3) is 0 Å². The maximum Gasteiger partial charge on any atom is 0.191 e. The molecule has 1 aromatic heterocycles. The van der Waals surface area contributed by atoms with Gasteiger partial charge in [0.1, 0.15) is 9.84 Å². The zero-order valence-electron chi connectivity index (χ0n) is 11.9. The van der Waals surface area contributed by atoms with Crippen molar-refractivity contribution < 1.29 is 8.42 Å². The summed E-state index contributed by atoms with van der Waals surface area (Å²) in [5.74, 6) is 0.873. The highest BCUT2D eigenvalue weighted by atomic mass is 127. The largest absolute Gasteiger partial charge is 0.354 e. The van der Waals surface area contributed by atoms with Gasteiger partial charge in [-0.05, 0) is 24.8 Å². The number of guanidine groups is 1. The third-order valence-corrected chi connectivity index (χ3v) is 4.39. The number of thiophene rings is 1. The summed E-state index contributed by atoms with van der Waals surface area (Å²) < 4.78 is 22.2. The van der Waals surface area contributed by atoms with Gasteiger partial charge in [-0.25, -0.2) is 8.42 Å². The van der Waals surface area contributed by atoms with Crippen LogP contribution in [-0.4, -0.2) is 39.5 Å². The molecule has 0 aliphatic rings. The van der Waals surface area contributed by atoms with Crippen molar-refractivity contribution in [2.24, 2.45) is 4.99 Å². The van der Waals surface area contributed by atoms with Gasteiger partial charge in [0.15, 0.2) is 5.96 Å². The fourth-order valence-electron chi connectivity index (χ4n) is 1.48. The average Bonchev–Trinajstić information content (AvgIpc) is 2.84. The van der Waals surface area contributed by atoms with Crippen LogP contribution in [0.1, 0.15) is 18.2 Å². The van der Waals surface area contributed by atoms with Gasteiger partial charge < -0.3 is 10.6 Å². The molecule has 20 heavy (non-hydrogen) atoms. The lowest BCUT2D eigenvalue weighted by Gasteiger charge is -2.17. The minimum atomic E-state index is -2.91. The van der Waals surface area contributed by atoms with Crippen LogP contribution < -0.4 is 10.6 Å². The molecule has 1 heterocycles. The van der Waals surface area contributed by atoms with Crippen molar-refractivity contribution in [1.29, 1.82) is 0 Å². The van der Waals surface area contributed by atoms with Gasteiger partial charge in [0.25, 0.3) is 0 Å². The highest BCUT2D eigenvalue weighted by Crippen LogP contribution is 2.07. The number of rotatable bonds is 6. The molecule has 1 unspecified atom stereocenters. The molecule has 0 aliphatic carbocycles. The number of halogens is 1. The summed E-state index contributed by atoms with van der Waals surface area (Å²) in [7, 11) is -1.21. The van der Waals surface area contributed by atoms with Crippen molar-refractivity contribution in [3.8, 4) is 0 Å². The first-order valence-corrected chi connectivity index (χ1v) is 9.02. The molecule has 8 heteroatoms. The minimum absolute atomic E-state index is 0. The second-order valence-electron chi connectivity index (χ2n) is 4.47. The summed E-state index contributed by atoms with van der Waals surface area (Å²) >= 11 is 1.68. The molecule has 1 rings (SSSR count). The second kappa shape index (κ2) is 9.56. The average molecular weight is 431 g/mol. The molecule has 0 radical (unpaired) electrons. The first-order chi connectivity index (χ1) is 8.90. The van der Waals surface area contributed by atoms with Crippen molar-refractivity contribution in [3.63, 3.8) is 0 Å². The molecule has 1 atom stereocenters. The van der Waals surface area contributed by atoms with E-state index < -0.39 is 9.84 Å². The fourth-order valence-corrected chi connectivity index (χ4v) is 2.90. The van der Waals surface area contributed by atoms with Crippen molar-refractivity contribution in [2.75, 3.05) is 19.1 Å². The Hall–Kier alpha value is -0.350. The molecule has 116 valence electrons. The number of sulfone groups is 1. The first kappa shape index (κ1) is 19.7. The van der Waals surface area contributed by atoms with Crippen LogP contribution in [-0.2, 0) is 16.4 Å². The Bertz CT molecular complexity index is 501. The second-order valence-corrected chi connectivity index (χ2v) is 7.76. The van der Waals surface area contributed by atoms with E-state index >= 15 is 0 Å². The smallest absolute Gasteiger partial charge is 0.191 e. The molecule has 0 saturated heterocycles. The minimum Gasteiger partial charge on any atom is -0.354 e. The lowest BCUT2D eigenvalue weighted by Crippen LogP contribution is -2.42. The highest BCUT2D eigenvalue weighted by molar-refractivity contribution is 14.0. The summed E-state index contributed by atoms with van der Waals surface area (Å²) in [6, 6.07) is 4.12. The van der Waals surface area contributed by atoms with E-state index in [1.807, 2.05) is 18.4 Å². The zero-order chi connectivity index (χ0) is 14.3. The van der Waals surface area contributed by atoms with Gasteiger partial charge in [0.05, 0.1) is 12.3 Å². The van der Waals surface area contributed by atoms with Gasteiger partial charge in [-0.15, -0.1) is 35.3 Å². The van der Waals surface area contributed by atoms with E-state index in [0.717, 1.165) is 6.54 Å². The molecular formula is C12H22IN3O2S2. The number of hydrogen-bond acceptors (Lipinski definition) is 4. The summed E-state index contributed by atoms with van der Waals surface area (Å²) in [5, 5.41) is 8.41. The standard InChI is InChI=1S/C12H21N3O2S2.HI/c1-10(6-8-19(3,16)17)15-12(13-2)14-9-11-5-4-7-18-11;/h4-5,7,10H,6,8-9H2,1-3H3,(H2,13,14,15);1H. The van der Waals surface area contributed by atoms with Crippen LogP contribution in [0.2, 0.25) is 0 Å². The molecule has 0 saturated carbocycles. The normalized spacial score (nSPS) is 13.4. The Balaban J connectivity index is 0.00000361. The molecule has 0 bridgehead atoms. The van der Waals surface area contributed by atoms with Gasteiger partial charge in [0, 0.05) is 24.2 Å². The number of nitrogens with one attached hydrogen (secondary N) is 2. The molecule has 0 fully saturated rings. The lowest BCUT2D eigenvalue weighted by molar-refractivity contribution is 0.581. The van der Waals surface area contributed by atoms with Crippen molar-refractivity contribution in [1.82, 2.24) is 10.6 Å². The summed E-state index contributed by atoms with van der Waals surface area (Å²) in [6.07, 6.45) is 1.82. The quantitative estimate of drug-likeness (QED) is 0.410. The number of aliphatic imine (C=N–C) groups is 1.